The molecule has 7 nitrogen and oxygen atoms in total. The van der Waals surface area contributed by atoms with E-state index >= 15 is 0 Å². The molecule has 1 aliphatic rings. The Morgan fingerprint density at radius 3 is 2.03 bits per heavy atom. The second kappa shape index (κ2) is 8.33. The molecule has 0 unspecified atom stereocenters. The van der Waals surface area contributed by atoms with Gasteiger partial charge in [0.05, 0.1) is 21.2 Å². The van der Waals surface area contributed by atoms with Crippen LogP contribution in [0, 0.1) is 6.92 Å². The standard InChI is InChI=1S/C20H27N3O4S2/c1-16-7-12-20(23-13-5-4-6-14-23)19(15-16)21-28(24,25)17-8-10-18(11-9-17)29(26,27)22(2)3/h7-12,15,21H,4-6,13-14H2,1-3H3. The Balaban J connectivity index is 1.91. The fourth-order valence-electron chi connectivity index (χ4n) is 3.35. The van der Waals surface area contributed by atoms with Gasteiger partial charge in [0.2, 0.25) is 10.0 Å². The third-order valence-corrected chi connectivity index (χ3v) is 8.22. The quantitative estimate of drug-likeness (QED) is 0.751. The zero-order valence-corrected chi connectivity index (χ0v) is 18.6. The molecule has 0 amide bonds. The highest BCUT2D eigenvalue weighted by Crippen LogP contribution is 2.31. The molecule has 2 aromatic rings. The van der Waals surface area contributed by atoms with Crippen molar-refractivity contribution in [2.75, 3.05) is 36.8 Å². The number of rotatable bonds is 6. The number of sulfonamides is 2. The predicted octanol–water partition coefficient (Wildman–Crippen LogP) is 3.04. The Morgan fingerprint density at radius 1 is 0.862 bits per heavy atom. The lowest BCUT2D eigenvalue weighted by Crippen LogP contribution is -2.30. The topological polar surface area (TPSA) is 86.8 Å². The van der Waals surface area contributed by atoms with Crippen LogP contribution in [0.5, 0.6) is 0 Å². The molecule has 9 heteroatoms. The second-order valence-corrected chi connectivity index (χ2v) is 11.3. The Morgan fingerprint density at radius 2 is 1.45 bits per heavy atom. The molecule has 3 rings (SSSR count). The highest BCUT2D eigenvalue weighted by atomic mass is 32.2. The molecule has 0 radical (unpaired) electrons. The number of nitrogens with one attached hydrogen (secondary N) is 1. The van der Waals surface area contributed by atoms with Gasteiger partial charge in [-0.15, -0.1) is 0 Å². The minimum atomic E-state index is -3.86. The molecule has 1 N–H and O–H groups in total. The Hall–Kier alpha value is -2.10. The molecule has 1 aliphatic heterocycles. The van der Waals surface area contributed by atoms with Crippen molar-refractivity contribution >= 4 is 31.4 Å². The van der Waals surface area contributed by atoms with Crippen molar-refractivity contribution in [2.45, 2.75) is 36.0 Å². The molecule has 2 aromatic carbocycles. The summed E-state index contributed by atoms with van der Waals surface area (Å²) in [7, 11) is -4.61. The number of hydrogen-bond donors (Lipinski definition) is 1. The summed E-state index contributed by atoms with van der Waals surface area (Å²) in [5.74, 6) is 0. The van der Waals surface area contributed by atoms with Gasteiger partial charge in [0.1, 0.15) is 0 Å². The van der Waals surface area contributed by atoms with Crippen molar-refractivity contribution in [1.29, 1.82) is 0 Å². The summed E-state index contributed by atoms with van der Waals surface area (Å²) in [5.41, 5.74) is 2.36. The summed E-state index contributed by atoms with van der Waals surface area (Å²) < 4.78 is 54.1. The van der Waals surface area contributed by atoms with E-state index in [-0.39, 0.29) is 9.79 Å². The lowest BCUT2D eigenvalue weighted by Gasteiger charge is -2.30. The maximum atomic E-state index is 13.0. The Labute approximate surface area is 173 Å². The Kier molecular flexibility index (Phi) is 6.21. The summed E-state index contributed by atoms with van der Waals surface area (Å²) in [6, 6.07) is 11.0. The first-order valence-corrected chi connectivity index (χ1v) is 12.4. The molecule has 1 saturated heterocycles. The van der Waals surface area contributed by atoms with Crippen LogP contribution < -0.4 is 9.62 Å². The van der Waals surface area contributed by atoms with E-state index in [1.165, 1.54) is 44.8 Å². The molecule has 0 atom stereocenters. The van der Waals surface area contributed by atoms with E-state index < -0.39 is 20.0 Å². The average Bonchev–Trinajstić information content (AvgIpc) is 2.68. The van der Waals surface area contributed by atoms with E-state index in [0.29, 0.717) is 5.69 Å². The Bertz CT molecular complexity index is 1070. The van der Waals surface area contributed by atoms with Crippen molar-refractivity contribution < 1.29 is 16.8 Å². The number of piperidine rings is 1. The normalized spacial score (nSPS) is 15.5. The summed E-state index contributed by atoms with van der Waals surface area (Å²) in [5, 5.41) is 0. The smallest absolute Gasteiger partial charge is 0.261 e. The number of nitrogens with zero attached hydrogens (tertiary/aromatic N) is 2. The van der Waals surface area contributed by atoms with Crippen LogP contribution in [0.1, 0.15) is 24.8 Å². The van der Waals surface area contributed by atoms with Gasteiger partial charge in [0.25, 0.3) is 10.0 Å². The van der Waals surface area contributed by atoms with E-state index in [4.69, 9.17) is 0 Å². The number of anilines is 2. The van der Waals surface area contributed by atoms with Crippen LogP contribution in [0.15, 0.2) is 52.3 Å². The SMILES string of the molecule is Cc1ccc(N2CCCCC2)c(NS(=O)(=O)c2ccc(S(=O)(=O)N(C)C)cc2)c1. The van der Waals surface area contributed by atoms with Crippen molar-refractivity contribution in [3.63, 3.8) is 0 Å². The first kappa shape index (κ1) is 21.6. The van der Waals surface area contributed by atoms with Crippen molar-refractivity contribution in [2.24, 2.45) is 0 Å². The molecule has 29 heavy (non-hydrogen) atoms. The molecule has 1 fully saturated rings. The van der Waals surface area contributed by atoms with Gasteiger partial charge < -0.3 is 4.90 Å². The third kappa shape index (κ3) is 4.73. The van der Waals surface area contributed by atoms with Crippen LogP contribution in [0.25, 0.3) is 0 Å². The second-order valence-electron chi connectivity index (χ2n) is 7.43. The van der Waals surface area contributed by atoms with Crippen LogP contribution in [-0.4, -0.2) is 48.3 Å². The van der Waals surface area contributed by atoms with Gasteiger partial charge in [-0.25, -0.2) is 21.1 Å². The minimum Gasteiger partial charge on any atom is -0.370 e. The minimum absolute atomic E-state index is 0.0151. The monoisotopic (exact) mass is 437 g/mol. The summed E-state index contributed by atoms with van der Waals surface area (Å²) in [4.78, 5) is 2.26. The van der Waals surface area contributed by atoms with Crippen LogP contribution in [0.4, 0.5) is 11.4 Å². The molecule has 0 spiro atoms. The van der Waals surface area contributed by atoms with E-state index in [1.54, 1.807) is 0 Å². The summed E-state index contributed by atoms with van der Waals surface area (Å²) >= 11 is 0. The molecular weight excluding hydrogens is 410 g/mol. The zero-order valence-electron chi connectivity index (χ0n) is 16.9. The number of aryl methyl sites for hydroxylation is 1. The van der Waals surface area contributed by atoms with E-state index in [0.717, 1.165) is 41.5 Å². The molecule has 158 valence electrons. The highest BCUT2D eigenvalue weighted by Gasteiger charge is 2.22. The van der Waals surface area contributed by atoms with Crippen molar-refractivity contribution in [1.82, 2.24) is 4.31 Å². The lowest BCUT2D eigenvalue weighted by atomic mass is 10.1. The molecule has 0 aromatic heterocycles. The molecule has 0 bridgehead atoms. The van der Waals surface area contributed by atoms with Gasteiger partial charge in [-0.3, -0.25) is 4.72 Å². The fraction of sp³-hybridized carbons (Fsp3) is 0.400. The van der Waals surface area contributed by atoms with Gasteiger partial charge in [0, 0.05) is 27.2 Å². The van der Waals surface area contributed by atoms with Crippen LogP contribution >= 0.6 is 0 Å². The van der Waals surface area contributed by atoms with Gasteiger partial charge in [-0.05, 0) is 68.1 Å². The molecule has 0 saturated carbocycles. The zero-order chi connectivity index (χ0) is 21.2. The van der Waals surface area contributed by atoms with Crippen molar-refractivity contribution in [3.8, 4) is 0 Å². The maximum absolute atomic E-state index is 13.0. The van der Waals surface area contributed by atoms with E-state index in [9.17, 15) is 16.8 Å². The van der Waals surface area contributed by atoms with Gasteiger partial charge in [0.15, 0.2) is 0 Å². The maximum Gasteiger partial charge on any atom is 0.261 e. The average molecular weight is 438 g/mol. The molecule has 1 heterocycles. The first-order chi connectivity index (χ1) is 13.6. The first-order valence-electron chi connectivity index (χ1n) is 9.52. The van der Waals surface area contributed by atoms with Crippen LogP contribution in [0.2, 0.25) is 0 Å². The third-order valence-electron chi connectivity index (χ3n) is 5.01. The summed E-state index contributed by atoms with van der Waals surface area (Å²) in [6.07, 6.45) is 3.36. The fourth-order valence-corrected chi connectivity index (χ4v) is 5.31. The van der Waals surface area contributed by atoms with Gasteiger partial charge >= 0.3 is 0 Å². The number of benzene rings is 2. The van der Waals surface area contributed by atoms with Gasteiger partial charge in [-0.2, -0.15) is 0 Å². The van der Waals surface area contributed by atoms with E-state index in [1.807, 2.05) is 25.1 Å². The largest absolute Gasteiger partial charge is 0.370 e. The van der Waals surface area contributed by atoms with Gasteiger partial charge in [-0.1, -0.05) is 6.07 Å². The lowest BCUT2D eigenvalue weighted by molar-refractivity contribution is 0.520. The van der Waals surface area contributed by atoms with Crippen LogP contribution in [0.3, 0.4) is 0 Å². The summed E-state index contributed by atoms with van der Waals surface area (Å²) in [6.45, 7) is 3.71. The van der Waals surface area contributed by atoms with E-state index in [2.05, 4.69) is 9.62 Å². The molecular formula is C20H27N3O4S2. The molecule has 0 aliphatic carbocycles. The highest BCUT2D eigenvalue weighted by molar-refractivity contribution is 7.92. The van der Waals surface area contributed by atoms with Crippen LogP contribution in [-0.2, 0) is 20.0 Å². The van der Waals surface area contributed by atoms with Crippen molar-refractivity contribution in [3.05, 3.63) is 48.0 Å². The number of hydrogen-bond acceptors (Lipinski definition) is 5. The predicted molar refractivity (Wildman–Crippen MR) is 115 cm³/mol.